The molecule has 0 saturated heterocycles. The molecule has 0 saturated carbocycles. The van der Waals surface area contributed by atoms with Gasteiger partial charge in [-0.25, -0.2) is 9.97 Å². The Labute approximate surface area is 171 Å². The fourth-order valence-corrected chi connectivity index (χ4v) is 2.87. The summed E-state index contributed by atoms with van der Waals surface area (Å²) in [6.45, 7) is 3.83. The van der Waals surface area contributed by atoms with E-state index in [1.54, 1.807) is 18.2 Å². The number of amides is 1. The first-order valence-corrected chi connectivity index (χ1v) is 8.89. The molecule has 0 bridgehead atoms. The van der Waals surface area contributed by atoms with Crippen LogP contribution in [-0.4, -0.2) is 20.8 Å². The summed E-state index contributed by atoms with van der Waals surface area (Å²) in [5, 5.41) is 14.9. The summed E-state index contributed by atoms with van der Waals surface area (Å²) in [7, 11) is 0. The van der Waals surface area contributed by atoms with Gasteiger partial charge in [-0.05, 0) is 37.6 Å². The van der Waals surface area contributed by atoms with Crippen molar-refractivity contribution in [2.24, 2.45) is 0 Å². The smallest absolute Gasteiger partial charge is 0.334 e. The average molecular weight is 413 g/mol. The van der Waals surface area contributed by atoms with Crippen molar-refractivity contribution in [2.75, 3.05) is 10.7 Å². The molecule has 0 aliphatic carbocycles. The highest BCUT2D eigenvalue weighted by Gasteiger charge is 2.24. The number of anilines is 3. The third-order valence-electron chi connectivity index (χ3n) is 4.05. The maximum Gasteiger partial charge on any atom is 0.355 e. The summed E-state index contributed by atoms with van der Waals surface area (Å²) in [6, 6.07) is 12.1. The first kappa shape index (κ1) is 20.0. The van der Waals surface area contributed by atoms with Gasteiger partial charge in [0.2, 0.25) is 11.6 Å². The highest BCUT2D eigenvalue weighted by molar-refractivity contribution is 6.33. The van der Waals surface area contributed by atoms with Crippen LogP contribution in [0.2, 0.25) is 5.02 Å². The number of carbonyl (C=O) groups is 1. The quantitative estimate of drug-likeness (QED) is 0.410. The number of halogens is 1. The predicted molar refractivity (Wildman–Crippen MR) is 110 cm³/mol. The number of hydrogen-bond donors (Lipinski definition) is 3. The van der Waals surface area contributed by atoms with E-state index in [4.69, 9.17) is 11.6 Å². The van der Waals surface area contributed by atoms with Gasteiger partial charge in [-0.1, -0.05) is 41.4 Å². The van der Waals surface area contributed by atoms with E-state index in [1.807, 2.05) is 32.0 Å². The molecule has 0 atom stereocenters. The number of nitro groups is 1. The predicted octanol–water partition coefficient (Wildman–Crippen LogP) is 4.16. The van der Waals surface area contributed by atoms with Crippen molar-refractivity contribution in [1.82, 2.24) is 15.4 Å². The number of carbonyl (C=O) groups excluding carboxylic acids is 1. The Balaban J connectivity index is 1.86. The third-order valence-corrected chi connectivity index (χ3v) is 4.38. The van der Waals surface area contributed by atoms with E-state index in [0.717, 1.165) is 17.5 Å². The molecule has 3 N–H and O–H groups in total. The van der Waals surface area contributed by atoms with Crippen molar-refractivity contribution in [2.45, 2.75) is 13.8 Å². The Morgan fingerprint density at radius 3 is 2.52 bits per heavy atom. The Morgan fingerprint density at radius 1 is 1.10 bits per heavy atom. The summed E-state index contributed by atoms with van der Waals surface area (Å²) in [4.78, 5) is 31.2. The molecule has 9 nitrogen and oxygen atoms in total. The lowest BCUT2D eigenvalue weighted by Gasteiger charge is -2.12. The zero-order chi connectivity index (χ0) is 21.0. The fourth-order valence-electron chi connectivity index (χ4n) is 2.64. The van der Waals surface area contributed by atoms with Gasteiger partial charge in [0.25, 0.3) is 5.91 Å². The maximum atomic E-state index is 12.3. The largest absolute Gasteiger partial charge is 0.355 e. The molecule has 1 aromatic heterocycles. The summed E-state index contributed by atoms with van der Waals surface area (Å²) < 4.78 is 0. The van der Waals surface area contributed by atoms with Crippen molar-refractivity contribution in [1.29, 1.82) is 0 Å². The number of aromatic nitrogens is 2. The van der Waals surface area contributed by atoms with E-state index in [-0.39, 0.29) is 22.2 Å². The van der Waals surface area contributed by atoms with Crippen molar-refractivity contribution in [3.8, 4) is 0 Å². The van der Waals surface area contributed by atoms with Gasteiger partial charge >= 0.3 is 5.69 Å². The normalized spacial score (nSPS) is 10.3. The first-order valence-electron chi connectivity index (χ1n) is 8.51. The highest BCUT2D eigenvalue weighted by Crippen LogP contribution is 2.31. The number of nitrogens with zero attached hydrogens (tertiary/aromatic N) is 3. The zero-order valence-corrected chi connectivity index (χ0v) is 16.3. The van der Waals surface area contributed by atoms with Crippen LogP contribution in [0.25, 0.3) is 0 Å². The molecule has 0 radical (unpaired) electrons. The second kappa shape index (κ2) is 8.53. The summed E-state index contributed by atoms with van der Waals surface area (Å²) >= 11 is 5.99. The molecule has 1 heterocycles. The lowest BCUT2D eigenvalue weighted by Crippen LogP contribution is -2.30. The molecule has 0 aliphatic heterocycles. The van der Waals surface area contributed by atoms with Crippen LogP contribution in [0.3, 0.4) is 0 Å². The molecule has 148 valence electrons. The van der Waals surface area contributed by atoms with E-state index in [1.165, 1.54) is 6.07 Å². The molecule has 29 heavy (non-hydrogen) atoms. The van der Waals surface area contributed by atoms with Gasteiger partial charge in [0, 0.05) is 5.69 Å². The van der Waals surface area contributed by atoms with Crippen LogP contribution in [0, 0.1) is 24.0 Å². The lowest BCUT2D eigenvalue weighted by molar-refractivity contribution is -0.383. The Hall–Kier alpha value is -3.72. The van der Waals surface area contributed by atoms with E-state index in [0.29, 0.717) is 5.69 Å². The van der Waals surface area contributed by atoms with E-state index >= 15 is 0 Å². The molecular formula is C19H17ClN6O3. The van der Waals surface area contributed by atoms with Crippen molar-refractivity contribution in [3.05, 3.63) is 80.6 Å². The van der Waals surface area contributed by atoms with Crippen LogP contribution in [0.1, 0.15) is 21.5 Å². The highest BCUT2D eigenvalue weighted by atomic mass is 35.5. The monoisotopic (exact) mass is 412 g/mol. The van der Waals surface area contributed by atoms with E-state index in [2.05, 4.69) is 26.1 Å². The van der Waals surface area contributed by atoms with Crippen molar-refractivity contribution >= 4 is 40.5 Å². The van der Waals surface area contributed by atoms with Crippen LogP contribution in [0.15, 0.2) is 48.8 Å². The minimum absolute atomic E-state index is 0.00792. The molecule has 0 spiro atoms. The molecule has 2 aromatic carbocycles. The number of nitrogens with one attached hydrogen (secondary N) is 3. The standard InChI is InChI=1S/C19H17ClN6O3/c1-11-7-8-15(12(2)9-11)23-17-16(26(28)29)18(22-10-21-17)24-25-19(27)13-5-3-4-6-14(13)20/h3-10H,1-2H3,(H,25,27)(H2,21,22,23,24). The van der Waals surface area contributed by atoms with Gasteiger partial charge in [0.15, 0.2) is 0 Å². The number of hydrogen-bond acceptors (Lipinski definition) is 7. The number of hydrazine groups is 1. The minimum Gasteiger partial charge on any atom is -0.334 e. The zero-order valence-electron chi connectivity index (χ0n) is 15.6. The Morgan fingerprint density at radius 2 is 1.83 bits per heavy atom. The molecular weight excluding hydrogens is 396 g/mol. The SMILES string of the molecule is Cc1ccc(Nc2ncnc(NNC(=O)c3ccccc3Cl)c2[N+](=O)[O-])c(C)c1. The lowest BCUT2D eigenvalue weighted by atomic mass is 10.1. The fraction of sp³-hybridized carbons (Fsp3) is 0.105. The third kappa shape index (κ3) is 4.58. The van der Waals surface area contributed by atoms with Crippen LogP contribution < -0.4 is 16.2 Å². The van der Waals surface area contributed by atoms with Gasteiger partial charge in [-0.2, -0.15) is 0 Å². The topological polar surface area (TPSA) is 122 Å². The molecule has 0 aliphatic rings. The number of rotatable bonds is 6. The van der Waals surface area contributed by atoms with Crippen LogP contribution in [0.4, 0.5) is 23.0 Å². The van der Waals surface area contributed by atoms with Crippen LogP contribution in [-0.2, 0) is 0 Å². The van der Waals surface area contributed by atoms with Gasteiger partial charge in [0.05, 0.1) is 15.5 Å². The number of aryl methyl sites for hydroxylation is 2. The number of benzene rings is 2. The minimum atomic E-state index is -0.629. The second-order valence-electron chi connectivity index (χ2n) is 6.18. The van der Waals surface area contributed by atoms with Gasteiger partial charge in [-0.3, -0.25) is 25.8 Å². The molecule has 0 unspecified atom stereocenters. The molecule has 10 heteroatoms. The van der Waals surface area contributed by atoms with Gasteiger partial charge in [0.1, 0.15) is 6.33 Å². The van der Waals surface area contributed by atoms with E-state index in [9.17, 15) is 14.9 Å². The van der Waals surface area contributed by atoms with Crippen molar-refractivity contribution in [3.63, 3.8) is 0 Å². The molecule has 3 aromatic rings. The maximum absolute atomic E-state index is 12.3. The molecule has 3 rings (SSSR count). The van der Waals surface area contributed by atoms with Gasteiger partial charge in [-0.15, -0.1) is 0 Å². The first-order chi connectivity index (χ1) is 13.9. The second-order valence-corrected chi connectivity index (χ2v) is 6.59. The van der Waals surface area contributed by atoms with Crippen LogP contribution >= 0.6 is 11.6 Å². The van der Waals surface area contributed by atoms with Crippen LogP contribution in [0.5, 0.6) is 0 Å². The van der Waals surface area contributed by atoms with Crippen molar-refractivity contribution < 1.29 is 9.72 Å². The summed E-state index contributed by atoms with van der Waals surface area (Å²) in [5.41, 5.74) is 7.29. The summed E-state index contributed by atoms with van der Waals surface area (Å²) in [6.07, 6.45) is 1.16. The molecule has 0 fully saturated rings. The van der Waals surface area contributed by atoms with Gasteiger partial charge < -0.3 is 5.32 Å². The van der Waals surface area contributed by atoms with E-state index < -0.39 is 16.5 Å². The Kier molecular flexibility index (Phi) is 5.89. The summed E-state index contributed by atoms with van der Waals surface area (Å²) in [5.74, 6) is -0.739. The Bertz CT molecular complexity index is 1090. The average Bonchev–Trinajstić information content (AvgIpc) is 2.68. The molecule has 1 amide bonds.